The van der Waals surface area contributed by atoms with Crippen LogP contribution < -0.4 is 9.47 Å². The second-order valence-corrected chi connectivity index (χ2v) is 4.56. The van der Waals surface area contributed by atoms with Gasteiger partial charge in [0.2, 0.25) is 0 Å². The highest BCUT2D eigenvalue weighted by Crippen LogP contribution is 2.29. The molecule has 0 fully saturated rings. The lowest BCUT2D eigenvalue weighted by Crippen LogP contribution is -2.06. The highest BCUT2D eigenvalue weighted by molar-refractivity contribution is 5.90. The van der Waals surface area contributed by atoms with Crippen LogP contribution in [0.25, 0.3) is 0 Å². The Hall–Kier alpha value is -3.00. The molecule has 0 radical (unpaired) electrons. The molecule has 0 N–H and O–H groups in total. The molecule has 0 saturated carbocycles. The summed E-state index contributed by atoms with van der Waals surface area (Å²) in [4.78, 5) is 11.8. The van der Waals surface area contributed by atoms with Crippen molar-refractivity contribution in [3.05, 3.63) is 59.4 Å². The predicted octanol–water partition coefficient (Wildman–Crippen LogP) is 3.20. The van der Waals surface area contributed by atoms with Crippen molar-refractivity contribution in [3.63, 3.8) is 0 Å². The molecule has 0 saturated heterocycles. The van der Waals surface area contributed by atoms with Gasteiger partial charge in [0.1, 0.15) is 12.4 Å². The van der Waals surface area contributed by atoms with E-state index >= 15 is 0 Å². The Kier molecular flexibility index (Phi) is 5.59. The number of esters is 1. The summed E-state index contributed by atoms with van der Waals surface area (Å²) in [5.41, 5.74) is 1.09. The van der Waals surface area contributed by atoms with Crippen LogP contribution in [0.4, 0.5) is 4.39 Å². The molecule has 2 aromatic carbocycles. The zero-order valence-electron chi connectivity index (χ0n) is 12.5. The van der Waals surface area contributed by atoms with Gasteiger partial charge in [-0.2, -0.15) is 0 Å². The molecule has 0 aromatic heterocycles. The smallest absolute Gasteiger partial charge is 0.339 e. The van der Waals surface area contributed by atoms with E-state index in [4.69, 9.17) is 20.6 Å². The molecule has 0 spiro atoms. The van der Waals surface area contributed by atoms with E-state index in [0.717, 1.165) is 5.56 Å². The summed E-state index contributed by atoms with van der Waals surface area (Å²) in [5.74, 6) is 2.22. The topological polar surface area (TPSA) is 44.8 Å². The summed E-state index contributed by atoms with van der Waals surface area (Å²) in [7, 11) is 1.50. The quantitative estimate of drug-likeness (QED) is 0.607. The van der Waals surface area contributed by atoms with Gasteiger partial charge in [-0.15, -0.1) is 6.42 Å². The van der Waals surface area contributed by atoms with E-state index in [2.05, 4.69) is 5.92 Å². The van der Waals surface area contributed by atoms with E-state index in [9.17, 15) is 9.18 Å². The Bertz CT molecular complexity index is 717. The summed E-state index contributed by atoms with van der Waals surface area (Å²) in [6, 6.07) is 10.6. The van der Waals surface area contributed by atoms with Gasteiger partial charge in [0, 0.05) is 0 Å². The first-order valence-corrected chi connectivity index (χ1v) is 6.80. The third kappa shape index (κ3) is 4.48. The highest BCUT2D eigenvalue weighted by atomic mass is 19.1. The number of halogens is 1. The van der Waals surface area contributed by atoms with E-state index in [1.165, 1.54) is 25.3 Å². The number of hydrogen-bond donors (Lipinski definition) is 0. The number of methoxy groups -OCH3 is 1. The molecule has 5 heteroatoms. The fourth-order valence-corrected chi connectivity index (χ4v) is 1.85. The molecule has 0 aliphatic rings. The van der Waals surface area contributed by atoms with E-state index < -0.39 is 5.97 Å². The molecular formula is C18H15FO4. The van der Waals surface area contributed by atoms with Gasteiger partial charge in [-0.25, -0.2) is 9.18 Å². The molecule has 0 atom stereocenters. The zero-order valence-corrected chi connectivity index (χ0v) is 12.5. The second kappa shape index (κ2) is 7.85. The average Bonchev–Trinajstić information content (AvgIpc) is 2.58. The van der Waals surface area contributed by atoms with Gasteiger partial charge in [-0.3, -0.25) is 0 Å². The Morgan fingerprint density at radius 2 is 1.91 bits per heavy atom. The second-order valence-electron chi connectivity index (χ2n) is 4.56. The number of terminal acetylenes is 1. The van der Waals surface area contributed by atoms with Crippen molar-refractivity contribution < 1.29 is 23.4 Å². The van der Waals surface area contributed by atoms with Crippen LogP contribution in [-0.2, 0) is 11.3 Å². The largest absolute Gasteiger partial charge is 0.493 e. The SMILES string of the molecule is C#CCOC(=O)c1ccc(OC)c(OCc2ccc(F)cc2)c1. The van der Waals surface area contributed by atoms with Gasteiger partial charge < -0.3 is 14.2 Å². The van der Waals surface area contributed by atoms with Gasteiger partial charge in [-0.05, 0) is 35.9 Å². The first-order valence-electron chi connectivity index (χ1n) is 6.80. The summed E-state index contributed by atoms with van der Waals surface area (Å²) in [6.07, 6.45) is 5.05. The predicted molar refractivity (Wildman–Crippen MR) is 82.8 cm³/mol. The van der Waals surface area contributed by atoms with Crippen molar-refractivity contribution in [1.82, 2.24) is 0 Å². The van der Waals surface area contributed by atoms with Gasteiger partial charge in [-0.1, -0.05) is 18.1 Å². The fraction of sp³-hybridized carbons (Fsp3) is 0.167. The molecule has 2 rings (SSSR count). The molecule has 2 aromatic rings. The van der Waals surface area contributed by atoms with Crippen molar-refractivity contribution >= 4 is 5.97 Å². The number of rotatable bonds is 6. The standard InChI is InChI=1S/C18H15FO4/c1-3-10-22-18(20)14-6-9-16(21-2)17(11-14)23-12-13-4-7-15(19)8-5-13/h1,4-9,11H,10,12H2,2H3. The molecule has 4 nitrogen and oxygen atoms in total. The van der Waals surface area contributed by atoms with Crippen molar-refractivity contribution in [2.24, 2.45) is 0 Å². The molecule has 0 amide bonds. The molecule has 23 heavy (non-hydrogen) atoms. The third-order valence-electron chi connectivity index (χ3n) is 2.99. The Labute approximate surface area is 133 Å². The number of carbonyl (C=O) groups excluding carboxylic acids is 1. The maximum absolute atomic E-state index is 12.9. The number of carbonyl (C=O) groups is 1. The summed E-state index contributed by atoms with van der Waals surface area (Å²) in [6.45, 7) is 0.107. The average molecular weight is 314 g/mol. The Morgan fingerprint density at radius 1 is 1.17 bits per heavy atom. The molecular weight excluding hydrogens is 299 g/mol. The van der Waals surface area contributed by atoms with Gasteiger partial charge in [0.05, 0.1) is 12.7 Å². The maximum atomic E-state index is 12.9. The van der Waals surface area contributed by atoms with Crippen molar-refractivity contribution in [2.45, 2.75) is 6.61 Å². The highest BCUT2D eigenvalue weighted by Gasteiger charge is 2.12. The number of ether oxygens (including phenoxy) is 3. The minimum absolute atomic E-state index is 0.101. The molecule has 0 bridgehead atoms. The van der Waals surface area contributed by atoms with Gasteiger partial charge >= 0.3 is 5.97 Å². The van der Waals surface area contributed by atoms with Crippen LogP contribution in [0.3, 0.4) is 0 Å². The van der Waals surface area contributed by atoms with Crippen LogP contribution in [-0.4, -0.2) is 19.7 Å². The first-order chi connectivity index (χ1) is 11.1. The van der Waals surface area contributed by atoms with Crippen LogP contribution in [0.15, 0.2) is 42.5 Å². The number of benzene rings is 2. The third-order valence-corrected chi connectivity index (χ3v) is 2.99. The van der Waals surface area contributed by atoms with Crippen molar-refractivity contribution in [1.29, 1.82) is 0 Å². The van der Waals surface area contributed by atoms with Crippen molar-refractivity contribution in [2.75, 3.05) is 13.7 Å². The lowest BCUT2D eigenvalue weighted by Gasteiger charge is -2.12. The molecule has 0 aliphatic heterocycles. The summed E-state index contributed by atoms with van der Waals surface area (Å²) in [5, 5.41) is 0. The van der Waals surface area contributed by atoms with Crippen molar-refractivity contribution in [3.8, 4) is 23.8 Å². The maximum Gasteiger partial charge on any atom is 0.339 e. The molecule has 0 unspecified atom stereocenters. The zero-order chi connectivity index (χ0) is 16.7. The molecule has 0 heterocycles. The van der Waals surface area contributed by atoms with Crippen LogP contribution in [0.2, 0.25) is 0 Å². The molecule has 0 aliphatic carbocycles. The number of hydrogen-bond acceptors (Lipinski definition) is 4. The lowest BCUT2D eigenvalue weighted by molar-refractivity contribution is 0.0556. The molecule has 118 valence electrons. The monoisotopic (exact) mass is 314 g/mol. The first kappa shape index (κ1) is 16.4. The fourth-order valence-electron chi connectivity index (χ4n) is 1.85. The summed E-state index contributed by atoms with van der Waals surface area (Å²) < 4.78 is 28.6. The van der Waals surface area contributed by atoms with Crippen LogP contribution in [0, 0.1) is 18.2 Å². The Morgan fingerprint density at radius 3 is 2.57 bits per heavy atom. The minimum Gasteiger partial charge on any atom is -0.493 e. The van der Waals surface area contributed by atoms with Crippen LogP contribution in [0.5, 0.6) is 11.5 Å². The normalized spacial score (nSPS) is 9.78. The van der Waals surface area contributed by atoms with E-state index in [0.29, 0.717) is 17.1 Å². The Balaban J connectivity index is 2.13. The lowest BCUT2D eigenvalue weighted by atomic mass is 10.2. The van der Waals surface area contributed by atoms with Gasteiger partial charge in [0.25, 0.3) is 0 Å². The van der Waals surface area contributed by atoms with Crippen LogP contribution >= 0.6 is 0 Å². The van der Waals surface area contributed by atoms with E-state index in [-0.39, 0.29) is 19.0 Å². The van der Waals surface area contributed by atoms with E-state index in [1.54, 1.807) is 24.3 Å². The summed E-state index contributed by atoms with van der Waals surface area (Å²) >= 11 is 0. The van der Waals surface area contributed by atoms with E-state index in [1.807, 2.05) is 0 Å². The minimum atomic E-state index is -0.544. The van der Waals surface area contributed by atoms with Crippen LogP contribution in [0.1, 0.15) is 15.9 Å². The van der Waals surface area contributed by atoms with Gasteiger partial charge in [0.15, 0.2) is 18.1 Å².